The van der Waals surface area contributed by atoms with Crippen molar-refractivity contribution in [2.24, 2.45) is 0 Å². The molecule has 1 unspecified atom stereocenters. The molecule has 0 bridgehead atoms. The van der Waals surface area contributed by atoms with Crippen LogP contribution in [0.25, 0.3) is 0 Å². The fraction of sp³-hybridized carbons (Fsp3) is 1.00. The molecule has 0 aliphatic heterocycles. The van der Waals surface area contributed by atoms with Gasteiger partial charge < -0.3 is 0 Å². The van der Waals surface area contributed by atoms with Crippen LogP contribution in [-0.2, 0) is 0 Å². The number of unbranched alkanes of at least 4 members (excludes halogenated alkanes) is 1. The fourth-order valence-electron chi connectivity index (χ4n) is 2.47. The topological polar surface area (TPSA) is 0 Å². The monoisotopic (exact) mass is 184 g/mol. The Labute approximate surface area is 79.4 Å². The summed E-state index contributed by atoms with van der Waals surface area (Å²) in [6.45, 7) is 4.92. The van der Waals surface area contributed by atoms with E-state index in [0.717, 1.165) is 0 Å². The molecule has 1 fully saturated rings. The first kappa shape index (κ1) is 10.3. The van der Waals surface area contributed by atoms with Gasteiger partial charge in [0.1, 0.15) is 0 Å². The van der Waals surface area contributed by atoms with Gasteiger partial charge in [0.05, 0.1) is 0 Å². The minimum atomic E-state index is -0.301. The summed E-state index contributed by atoms with van der Waals surface area (Å²) in [7, 11) is -0.301. The van der Waals surface area contributed by atoms with Crippen LogP contribution in [0.5, 0.6) is 0 Å². The van der Waals surface area contributed by atoms with E-state index < -0.39 is 0 Å². The molecule has 12 heavy (non-hydrogen) atoms. The SMILES string of the molecule is CCCC[SiH](C)C1CCCCC1. The van der Waals surface area contributed by atoms with E-state index >= 15 is 0 Å². The number of hydrogen-bond acceptors (Lipinski definition) is 0. The first-order valence-corrected chi connectivity index (χ1v) is 8.48. The summed E-state index contributed by atoms with van der Waals surface area (Å²) in [6.07, 6.45) is 10.7. The van der Waals surface area contributed by atoms with E-state index in [1.807, 2.05) is 0 Å². The van der Waals surface area contributed by atoms with Crippen molar-refractivity contribution in [3.05, 3.63) is 0 Å². The second-order valence-electron chi connectivity index (χ2n) is 4.52. The lowest BCUT2D eigenvalue weighted by Gasteiger charge is -2.26. The van der Waals surface area contributed by atoms with Crippen LogP contribution < -0.4 is 0 Å². The highest BCUT2D eigenvalue weighted by Crippen LogP contribution is 2.32. The standard InChI is InChI=1S/C11H24Si/c1-3-4-10-12(2)11-8-6-5-7-9-11/h11-12H,3-10H2,1-2H3. The van der Waals surface area contributed by atoms with E-state index in [2.05, 4.69) is 13.5 Å². The van der Waals surface area contributed by atoms with Crippen LogP contribution in [0.15, 0.2) is 0 Å². The molecule has 1 rings (SSSR count). The molecule has 0 aromatic rings. The van der Waals surface area contributed by atoms with Gasteiger partial charge in [-0.05, 0) is 5.54 Å². The molecule has 0 nitrogen and oxygen atoms in total. The van der Waals surface area contributed by atoms with E-state index in [-0.39, 0.29) is 8.80 Å². The molecule has 1 aliphatic carbocycles. The second-order valence-corrected chi connectivity index (χ2v) is 7.99. The van der Waals surface area contributed by atoms with Gasteiger partial charge in [-0.25, -0.2) is 0 Å². The van der Waals surface area contributed by atoms with Crippen molar-refractivity contribution in [2.45, 2.75) is 70.0 Å². The predicted molar refractivity (Wildman–Crippen MR) is 59.6 cm³/mol. The van der Waals surface area contributed by atoms with Crippen LogP contribution in [0.2, 0.25) is 18.1 Å². The molecular formula is C11H24Si. The first-order valence-electron chi connectivity index (χ1n) is 5.84. The maximum atomic E-state index is 2.60. The maximum Gasteiger partial charge on any atom is 0.0367 e. The molecular weight excluding hydrogens is 160 g/mol. The van der Waals surface area contributed by atoms with Gasteiger partial charge in [0, 0.05) is 8.80 Å². The zero-order chi connectivity index (χ0) is 8.81. The van der Waals surface area contributed by atoms with Gasteiger partial charge >= 0.3 is 0 Å². The second kappa shape index (κ2) is 5.79. The number of rotatable bonds is 4. The van der Waals surface area contributed by atoms with Crippen molar-refractivity contribution in [2.75, 3.05) is 0 Å². The molecule has 1 heteroatoms. The molecule has 0 heterocycles. The van der Waals surface area contributed by atoms with Crippen molar-refractivity contribution in [1.29, 1.82) is 0 Å². The van der Waals surface area contributed by atoms with Gasteiger partial charge in [0.25, 0.3) is 0 Å². The zero-order valence-electron chi connectivity index (χ0n) is 8.81. The molecule has 72 valence electrons. The Morgan fingerprint density at radius 1 is 1.17 bits per heavy atom. The summed E-state index contributed by atoms with van der Waals surface area (Å²) >= 11 is 0. The normalized spacial score (nSPS) is 22.5. The largest absolute Gasteiger partial charge is 0.0718 e. The summed E-state index contributed by atoms with van der Waals surface area (Å²) < 4.78 is 0. The Hall–Kier alpha value is 0.217. The molecule has 0 aromatic heterocycles. The third-order valence-corrected chi connectivity index (χ3v) is 7.06. The van der Waals surface area contributed by atoms with Crippen LogP contribution in [0.1, 0.15) is 51.9 Å². The van der Waals surface area contributed by atoms with E-state index in [1.54, 1.807) is 18.9 Å². The summed E-state index contributed by atoms with van der Waals surface area (Å²) in [5, 5.41) is 0. The fourth-order valence-corrected chi connectivity index (χ4v) is 5.60. The van der Waals surface area contributed by atoms with Crippen LogP contribution in [0.4, 0.5) is 0 Å². The zero-order valence-corrected chi connectivity index (χ0v) is 9.97. The molecule has 0 N–H and O–H groups in total. The Morgan fingerprint density at radius 2 is 1.83 bits per heavy atom. The average Bonchev–Trinajstić information content (AvgIpc) is 2.15. The Morgan fingerprint density at radius 3 is 2.42 bits per heavy atom. The van der Waals surface area contributed by atoms with Crippen molar-refractivity contribution in [3.8, 4) is 0 Å². The highest BCUT2D eigenvalue weighted by atomic mass is 28.3. The molecule has 1 aliphatic rings. The van der Waals surface area contributed by atoms with Crippen LogP contribution in [0, 0.1) is 0 Å². The summed E-state index contributed by atoms with van der Waals surface area (Å²) in [5.74, 6) is 0. The van der Waals surface area contributed by atoms with Crippen LogP contribution >= 0.6 is 0 Å². The van der Waals surface area contributed by atoms with E-state index in [4.69, 9.17) is 0 Å². The van der Waals surface area contributed by atoms with Gasteiger partial charge in [0.2, 0.25) is 0 Å². The average molecular weight is 184 g/mol. The third kappa shape index (κ3) is 3.30. The number of hydrogen-bond donors (Lipinski definition) is 0. The summed E-state index contributed by atoms with van der Waals surface area (Å²) in [4.78, 5) is 0. The highest BCUT2D eigenvalue weighted by Gasteiger charge is 2.20. The van der Waals surface area contributed by atoms with Crippen LogP contribution in [0.3, 0.4) is 0 Å². The Bertz CT molecular complexity index is 106. The van der Waals surface area contributed by atoms with E-state index in [9.17, 15) is 0 Å². The highest BCUT2D eigenvalue weighted by molar-refractivity contribution is 6.58. The Kier molecular flexibility index (Phi) is 4.97. The third-order valence-electron chi connectivity index (χ3n) is 3.47. The maximum absolute atomic E-state index is 2.60. The van der Waals surface area contributed by atoms with Crippen LogP contribution in [-0.4, -0.2) is 8.80 Å². The molecule has 1 atom stereocenters. The molecule has 0 radical (unpaired) electrons. The lowest BCUT2D eigenvalue weighted by Crippen LogP contribution is -2.18. The molecule has 0 aromatic carbocycles. The lowest BCUT2D eigenvalue weighted by atomic mass is 10.0. The van der Waals surface area contributed by atoms with Gasteiger partial charge in [-0.15, -0.1) is 0 Å². The minimum Gasteiger partial charge on any atom is -0.0718 e. The lowest BCUT2D eigenvalue weighted by molar-refractivity contribution is 0.495. The van der Waals surface area contributed by atoms with Crippen molar-refractivity contribution in [3.63, 3.8) is 0 Å². The van der Waals surface area contributed by atoms with Crippen molar-refractivity contribution < 1.29 is 0 Å². The minimum absolute atomic E-state index is 0.301. The van der Waals surface area contributed by atoms with E-state index in [1.165, 1.54) is 37.6 Å². The van der Waals surface area contributed by atoms with Crippen molar-refractivity contribution >= 4 is 8.80 Å². The summed E-state index contributed by atoms with van der Waals surface area (Å²) in [5.41, 5.74) is 1.21. The molecule has 0 amide bonds. The van der Waals surface area contributed by atoms with Gasteiger partial charge in [0.15, 0.2) is 0 Å². The molecule has 1 saturated carbocycles. The van der Waals surface area contributed by atoms with Gasteiger partial charge in [-0.3, -0.25) is 0 Å². The van der Waals surface area contributed by atoms with Crippen molar-refractivity contribution in [1.82, 2.24) is 0 Å². The van der Waals surface area contributed by atoms with E-state index in [0.29, 0.717) is 0 Å². The molecule has 0 spiro atoms. The van der Waals surface area contributed by atoms with Gasteiger partial charge in [-0.2, -0.15) is 0 Å². The summed E-state index contributed by atoms with van der Waals surface area (Å²) in [6, 6.07) is 1.61. The first-order chi connectivity index (χ1) is 5.84. The Balaban J connectivity index is 2.15. The predicted octanol–water partition coefficient (Wildman–Crippen LogP) is 3.98. The smallest absolute Gasteiger partial charge is 0.0367 e. The van der Waals surface area contributed by atoms with Gasteiger partial charge in [-0.1, -0.05) is 64.5 Å². The molecule has 0 saturated heterocycles. The quantitative estimate of drug-likeness (QED) is 0.580.